The van der Waals surface area contributed by atoms with Crippen molar-refractivity contribution in [3.8, 4) is 5.75 Å². The minimum atomic E-state index is -4.73. The van der Waals surface area contributed by atoms with Crippen molar-refractivity contribution >= 4 is 22.6 Å². The van der Waals surface area contributed by atoms with Crippen molar-refractivity contribution in [3.05, 3.63) is 23.5 Å². The second-order valence-electron chi connectivity index (χ2n) is 5.18. The molecule has 1 fully saturated rings. The van der Waals surface area contributed by atoms with Gasteiger partial charge in [0.05, 0.1) is 24.2 Å². The van der Waals surface area contributed by atoms with Gasteiger partial charge in [0, 0.05) is 32.2 Å². The summed E-state index contributed by atoms with van der Waals surface area (Å²) in [4.78, 5) is 6.37. The number of rotatable bonds is 4. The summed E-state index contributed by atoms with van der Waals surface area (Å²) in [7, 11) is 0. The van der Waals surface area contributed by atoms with Crippen LogP contribution in [0.5, 0.6) is 5.75 Å². The number of nitrogens with zero attached hydrogens (tertiary/aromatic N) is 3. The van der Waals surface area contributed by atoms with Crippen LogP contribution < -0.4 is 4.74 Å². The standard InChI is InChI=1S/C14H15ClF3N3O2/c15-13-19-11-2-1-10(23-14(16,17)18)9-12(11)21(13)4-3-20-5-7-22-8-6-20/h1-2,9H,3-8H2. The minimum absolute atomic E-state index is 0.248. The van der Waals surface area contributed by atoms with E-state index < -0.39 is 6.36 Å². The largest absolute Gasteiger partial charge is 0.573 e. The first-order valence-corrected chi connectivity index (χ1v) is 7.52. The van der Waals surface area contributed by atoms with Crippen molar-refractivity contribution in [1.29, 1.82) is 0 Å². The number of fused-ring (bicyclic) bond motifs is 1. The Morgan fingerprint density at radius 2 is 1.96 bits per heavy atom. The number of alkyl halides is 3. The highest BCUT2D eigenvalue weighted by molar-refractivity contribution is 6.29. The summed E-state index contributed by atoms with van der Waals surface area (Å²) in [6, 6.07) is 4.00. The van der Waals surface area contributed by atoms with E-state index in [-0.39, 0.29) is 11.0 Å². The summed E-state index contributed by atoms with van der Waals surface area (Å²) in [5.41, 5.74) is 1.05. The van der Waals surface area contributed by atoms with Crippen LogP contribution in [0.3, 0.4) is 0 Å². The zero-order valence-electron chi connectivity index (χ0n) is 12.1. The molecule has 1 aliphatic heterocycles. The van der Waals surface area contributed by atoms with Crippen molar-refractivity contribution in [2.24, 2.45) is 0 Å². The van der Waals surface area contributed by atoms with E-state index in [1.165, 1.54) is 18.2 Å². The molecule has 5 nitrogen and oxygen atoms in total. The van der Waals surface area contributed by atoms with Crippen molar-refractivity contribution < 1.29 is 22.6 Å². The molecule has 0 unspecified atom stereocenters. The molecule has 0 radical (unpaired) electrons. The number of halogens is 4. The Kier molecular flexibility index (Phi) is 4.65. The van der Waals surface area contributed by atoms with E-state index in [4.69, 9.17) is 16.3 Å². The Balaban J connectivity index is 1.80. The summed E-state index contributed by atoms with van der Waals surface area (Å²) >= 11 is 6.12. The van der Waals surface area contributed by atoms with Gasteiger partial charge in [-0.25, -0.2) is 4.98 Å². The molecule has 126 valence electrons. The predicted molar refractivity (Wildman–Crippen MR) is 78.7 cm³/mol. The summed E-state index contributed by atoms with van der Waals surface area (Å²) < 4.78 is 48.0. The fourth-order valence-corrected chi connectivity index (χ4v) is 2.82. The quantitative estimate of drug-likeness (QED) is 0.851. The van der Waals surface area contributed by atoms with Gasteiger partial charge in [-0.3, -0.25) is 4.90 Å². The third-order valence-electron chi connectivity index (χ3n) is 3.65. The third-order valence-corrected chi connectivity index (χ3v) is 3.94. The van der Waals surface area contributed by atoms with Crippen LogP contribution in [-0.4, -0.2) is 53.7 Å². The highest BCUT2D eigenvalue weighted by Crippen LogP contribution is 2.28. The Bertz CT molecular complexity index is 684. The highest BCUT2D eigenvalue weighted by atomic mass is 35.5. The smallest absolute Gasteiger partial charge is 0.406 e. The molecule has 9 heteroatoms. The maximum Gasteiger partial charge on any atom is 0.573 e. The van der Waals surface area contributed by atoms with E-state index in [1.54, 1.807) is 4.57 Å². The molecular formula is C14H15ClF3N3O2. The first-order chi connectivity index (χ1) is 10.9. The summed E-state index contributed by atoms with van der Waals surface area (Å²) in [6.07, 6.45) is -4.73. The van der Waals surface area contributed by atoms with Crippen LogP contribution in [0.4, 0.5) is 13.2 Å². The van der Waals surface area contributed by atoms with Crippen LogP contribution in [0, 0.1) is 0 Å². The van der Waals surface area contributed by atoms with Crippen molar-refractivity contribution in [1.82, 2.24) is 14.5 Å². The number of hydrogen-bond donors (Lipinski definition) is 0. The lowest BCUT2D eigenvalue weighted by atomic mass is 10.3. The molecule has 0 atom stereocenters. The van der Waals surface area contributed by atoms with Gasteiger partial charge in [-0.15, -0.1) is 13.2 Å². The van der Waals surface area contributed by atoms with Crippen molar-refractivity contribution in [3.63, 3.8) is 0 Å². The molecule has 1 aliphatic rings. The average molecular weight is 350 g/mol. The fourth-order valence-electron chi connectivity index (χ4n) is 2.55. The van der Waals surface area contributed by atoms with Gasteiger partial charge in [-0.2, -0.15) is 0 Å². The summed E-state index contributed by atoms with van der Waals surface area (Å²) in [5, 5.41) is 0.248. The monoisotopic (exact) mass is 349 g/mol. The zero-order valence-corrected chi connectivity index (χ0v) is 12.9. The van der Waals surface area contributed by atoms with E-state index in [1.807, 2.05) is 0 Å². The molecule has 0 aliphatic carbocycles. The van der Waals surface area contributed by atoms with E-state index in [0.29, 0.717) is 30.8 Å². The predicted octanol–water partition coefficient (Wildman–Crippen LogP) is 2.92. The number of morpholine rings is 1. The molecule has 23 heavy (non-hydrogen) atoms. The van der Waals surface area contributed by atoms with Crippen LogP contribution in [0.2, 0.25) is 5.28 Å². The molecule has 1 aromatic carbocycles. The van der Waals surface area contributed by atoms with Crippen molar-refractivity contribution in [2.75, 3.05) is 32.8 Å². The van der Waals surface area contributed by atoms with Gasteiger partial charge in [-0.1, -0.05) is 0 Å². The topological polar surface area (TPSA) is 39.5 Å². The van der Waals surface area contributed by atoms with Gasteiger partial charge >= 0.3 is 6.36 Å². The summed E-state index contributed by atoms with van der Waals surface area (Å²) in [6.45, 7) is 4.27. The molecule has 3 rings (SSSR count). The molecule has 1 aromatic heterocycles. The highest BCUT2D eigenvalue weighted by Gasteiger charge is 2.31. The van der Waals surface area contributed by atoms with E-state index >= 15 is 0 Å². The lowest BCUT2D eigenvalue weighted by molar-refractivity contribution is -0.274. The number of benzene rings is 1. The zero-order chi connectivity index (χ0) is 16.4. The Hall–Kier alpha value is -1.51. The van der Waals surface area contributed by atoms with Crippen molar-refractivity contribution in [2.45, 2.75) is 12.9 Å². The molecular weight excluding hydrogens is 335 g/mol. The SMILES string of the molecule is FC(F)(F)Oc1ccc2nc(Cl)n(CCN3CCOCC3)c2c1. The number of hydrogen-bond acceptors (Lipinski definition) is 4. The second kappa shape index (κ2) is 6.54. The third kappa shape index (κ3) is 4.07. The Morgan fingerprint density at radius 3 is 2.65 bits per heavy atom. The van der Waals surface area contributed by atoms with E-state index in [0.717, 1.165) is 19.6 Å². The maximum absolute atomic E-state index is 12.3. The van der Waals surface area contributed by atoms with Crippen LogP contribution in [-0.2, 0) is 11.3 Å². The lowest BCUT2D eigenvalue weighted by Gasteiger charge is -2.26. The Morgan fingerprint density at radius 1 is 1.22 bits per heavy atom. The first kappa shape index (κ1) is 16.4. The molecule has 2 heterocycles. The minimum Gasteiger partial charge on any atom is -0.406 e. The van der Waals surface area contributed by atoms with Crippen LogP contribution in [0.15, 0.2) is 18.2 Å². The first-order valence-electron chi connectivity index (χ1n) is 7.14. The lowest BCUT2D eigenvalue weighted by Crippen LogP contribution is -2.38. The van der Waals surface area contributed by atoms with Gasteiger partial charge in [0.25, 0.3) is 0 Å². The Labute approximate surface area is 135 Å². The second-order valence-corrected chi connectivity index (χ2v) is 5.52. The average Bonchev–Trinajstić information content (AvgIpc) is 2.79. The normalized spacial score (nSPS) is 16.9. The summed E-state index contributed by atoms with van der Waals surface area (Å²) in [5.74, 6) is -0.283. The van der Waals surface area contributed by atoms with Crippen LogP contribution in [0.1, 0.15) is 0 Å². The van der Waals surface area contributed by atoms with Gasteiger partial charge < -0.3 is 14.0 Å². The molecule has 0 bridgehead atoms. The maximum atomic E-state index is 12.3. The van der Waals surface area contributed by atoms with Crippen LogP contribution >= 0.6 is 11.6 Å². The molecule has 0 amide bonds. The molecule has 1 saturated heterocycles. The molecule has 0 saturated carbocycles. The van der Waals surface area contributed by atoms with Crippen LogP contribution in [0.25, 0.3) is 11.0 Å². The molecule has 2 aromatic rings. The molecule has 0 spiro atoms. The fraction of sp³-hybridized carbons (Fsp3) is 0.500. The van der Waals surface area contributed by atoms with E-state index in [2.05, 4.69) is 14.6 Å². The number of aromatic nitrogens is 2. The number of imidazole rings is 1. The van der Waals surface area contributed by atoms with Gasteiger partial charge in [0.15, 0.2) is 0 Å². The van der Waals surface area contributed by atoms with Gasteiger partial charge in [0.1, 0.15) is 5.75 Å². The number of ether oxygens (including phenoxy) is 2. The molecule has 0 N–H and O–H groups in total. The van der Waals surface area contributed by atoms with E-state index in [9.17, 15) is 13.2 Å². The van der Waals surface area contributed by atoms with Gasteiger partial charge in [0.2, 0.25) is 5.28 Å². The van der Waals surface area contributed by atoms with Gasteiger partial charge in [-0.05, 0) is 23.7 Å².